The van der Waals surface area contributed by atoms with Gasteiger partial charge in [0.15, 0.2) is 0 Å². The Morgan fingerprint density at radius 2 is 2.28 bits per heavy atom. The van der Waals surface area contributed by atoms with E-state index in [1.165, 1.54) is 0 Å². The van der Waals surface area contributed by atoms with Crippen LogP contribution in [0.25, 0.3) is 0 Å². The van der Waals surface area contributed by atoms with Crippen LogP contribution in [0.1, 0.15) is 25.5 Å². The third kappa shape index (κ3) is 2.11. The highest BCUT2D eigenvalue weighted by Crippen LogP contribution is 2.33. The Morgan fingerprint density at radius 1 is 1.56 bits per heavy atom. The maximum Gasteiger partial charge on any atom is 0.245 e. The van der Waals surface area contributed by atoms with Gasteiger partial charge in [-0.1, -0.05) is 12.1 Å². The van der Waals surface area contributed by atoms with E-state index >= 15 is 0 Å². The predicted octanol–water partition coefficient (Wildman–Crippen LogP) is 2.04. The standard InChI is InChI=1S/C14H19N3O/c1-4-7-17(9(2)3)10-5-6-11-12(8-10)16-14(18)13(11)15/h4-6,8-9,13H,1,7,15H2,2-3H3,(H,16,18). The van der Waals surface area contributed by atoms with Crippen molar-refractivity contribution in [1.82, 2.24) is 0 Å². The van der Waals surface area contributed by atoms with Crippen LogP contribution < -0.4 is 16.0 Å². The lowest BCUT2D eigenvalue weighted by atomic mass is 10.1. The minimum Gasteiger partial charge on any atom is -0.365 e. The number of amides is 1. The summed E-state index contributed by atoms with van der Waals surface area (Å²) in [6, 6.07) is 5.73. The molecule has 2 rings (SSSR count). The molecule has 0 fully saturated rings. The van der Waals surface area contributed by atoms with Crippen molar-refractivity contribution in [2.45, 2.75) is 25.9 Å². The number of nitrogens with two attached hydrogens (primary N) is 1. The van der Waals surface area contributed by atoms with Crippen molar-refractivity contribution in [2.24, 2.45) is 5.73 Å². The fourth-order valence-corrected chi connectivity index (χ4v) is 2.21. The maximum absolute atomic E-state index is 11.5. The van der Waals surface area contributed by atoms with Crippen molar-refractivity contribution in [1.29, 1.82) is 0 Å². The lowest BCUT2D eigenvalue weighted by Gasteiger charge is -2.28. The molecule has 0 saturated heterocycles. The van der Waals surface area contributed by atoms with Crippen LogP contribution >= 0.6 is 0 Å². The van der Waals surface area contributed by atoms with E-state index in [0.717, 1.165) is 23.5 Å². The highest BCUT2D eigenvalue weighted by Gasteiger charge is 2.27. The van der Waals surface area contributed by atoms with Crippen molar-refractivity contribution >= 4 is 17.3 Å². The van der Waals surface area contributed by atoms with Crippen molar-refractivity contribution < 1.29 is 4.79 Å². The fraction of sp³-hybridized carbons (Fsp3) is 0.357. The molecule has 0 radical (unpaired) electrons. The van der Waals surface area contributed by atoms with Gasteiger partial charge in [-0.3, -0.25) is 4.79 Å². The molecule has 1 aliphatic heterocycles. The Morgan fingerprint density at radius 3 is 2.89 bits per heavy atom. The molecule has 1 aliphatic rings. The van der Waals surface area contributed by atoms with Crippen LogP contribution in [0.2, 0.25) is 0 Å². The van der Waals surface area contributed by atoms with Gasteiger partial charge in [0.1, 0.15) is 6.04 Å². The van der Waals surface area contributed by atoms with Gasteiger partial charge < -0.3 is 16.0 Å². The molecule has 3 N–H and O–H groups in total. The normalized spacial score (nSPS) is 17.6. The lowest BCUT2D eigenvalue weighted by Crippen LogP contribution is -2.30. The maximum atomic E-state index is 11.5. The minimum atomic E-state index is -0.541. The van der Waals surface area contributed by atoms with E-state index in [2.05, 4.69) is 30.6 Å². The number of nitrogens with zero attached hydrogens (tertiary/aromatic N) is 1. The smallest absolute Gasteiger partial charge is 0.245 e. The molecule has 1 atom stereocenters. The monoisotopic (exact) mass is 245 g/mol. The Balaban J connectivity index is 2.34. The van der Waals surface area contributed by atoms with Crippen LogP contribution in [0.15, 0.2) is 30.9 Å². The Labute approximate surface area is 107 Å². The molecule has 0 saturated carbocycles. The number of carbonyl (C=O) groups excluding carboxylic acids is 1. The molecule has 1 unspecified atom stereocenters. The number of rotatable bonds is 4. The number of fused-ring (bicyclic) bond motifs is 1. The SMILES string of the molecule is C=CCN(c1ccc2c(c1)NC(=O)C2N)C(C)C. The zero-order valence-corrected chi connectivity index (χ0v) is 10.8. The Hall–Kier alpha value is -1.81. The number of hydrogen-bond acceptors (Lipinski definition) is 3. The molecule has 1 aromatic rings. The van der Waals surface area contributed by atoms with Gasteiger partial charge in [0.2, 0.25) is 5.91 Å². The number of benzene rings is 1. The summed E-state index contributed by atoms with van der Waals surface area (Å²) in [5.41, 5.74) is 8.55. The predicted molar refractivity (Wildman–Crippen MR) is 74.7 cm³/mol. The quantitative estimate of drug-likeness (QED) is 0.798. The van der Waals surface area contributed by atoms with Crippen LogP contribution in [0, 0.1) is 0 Å². The van der Waals surface area contributed by atoms with Gasteiger partial charge in [-0.15, -0.1) is 6.58 Å². The van der Waals surface area contributed by atoms with E-state index in [-0.39, 0.29) is 5.91 Å². The molecule has 0 bridgehead atoms. The first-order chi connectivity index (χ1) is 8.54. The molecule has 1 amide bonds. The van der Waals surface area contributed by atoms with E-state index in [1.807, 2.05) is 24.3 Å². The zero-order chi connectivity index (χ0) is 13.3. The van der Waals surface area contributed by atoms with Gasteiger partial charge in [0.05, 0.1) is 0 Å². The summed E-state index contributed by atoms with van der Waals surface area (Å²) in [5, 5.41) is 2.81. The van der Waals surface area contributed by atoms with Crippen LogP contribution in [-0.4, -0.2) is 18.5 Å². The molecule has 0 aliphatic carbocycles. The number of carbonyl (C=O) groups is 1. The summed E-state index contributed by atoms with van der Waals surface area (Å²) in [6.45, 7) is 8.80. The second kappa shape index (κ2) is 4.82. The van der Waals surface area contributed by atoms with Gasteiger partial charge >= 0.3 is 0 Å². The molecule has 4 heteroatoms. The fourth-order valence-electron chi connectivity index (χ4n) is 2.21. The molecule has 1 heterocycles. The highest BCUT2D eigenvalue weighted by atomic mass is 16.2. The summed E-state index contributed by atoms with van der Waals surface area (Å²) in [5.74, 6) is -0.137. The number of nitrogens with one attached hydrogen (secondary N) is 1. The topological polar surface area (TPSA) is 58.4 Å². The molecule has 0 aromatic heterocycles. The van der Waals surface area contributed by atoms with Gasteiger partial charge in [0.25, 0.3) is 0 Å². The van der Waals surface area contributed by atoms with Gasteiger partial charge in [0, 0.05) is 29.5 Å². The third-order valence-electron chi connectivity index (χ3n) is 3.19. The number of anilines is 2. The van der Waals surface area contributed by atoms with E-state index in [4.69, 9.17) is 5.73 Å². The third-order valence-corrected chi connectivity index (χ3v) is 3.19. The molecular formula is C14H19N3O. The average molecular weight is 245 g/mol. The second-order valence-electron chi connectivity index (χ2n) is 4.77. The zero-order valence-electron chi connectivity index (χ0n) is 10.8. The van der Waals surface area contributed by atoms with E-state index in [9.17, 15) is 4.79 Å². The molecular weight excluding hydrogens is 226 g/mol. The second-order valence-corrected chi connectivity index (χ2v) is 4.77. The van der Waals surface area contributed by atoms with Crippen LogP contribution in [0.4, 0.5) is 11.4 Å². The van der Waals surface area contributed by atoms with Crippen LogP contribution in [0.3, 0.4) is 0 Å². The Kier molecular flexibility index (Phi) is 3.39. The molecule has 18 heavy (non-hydrogen) atoms. The van der Waals surface area contributed by atoms with E-state index < -0.39 is 6.04 Å². The summed E-state index contributed by atoms with van der Waals surface area (Å²) >= 11 is 0. The van der Waals surface area contributed by atoms with Gasteiger partial charge in [-0.2, -0.15) is 0 Å². The minimum absolute atomic E-state index is 0.137. The summed E-state index contributed by atoms with van der Waals surface area (Å²) in [6.07, 6.45) is 1.87. The molecule has 4 nitrogen and oxygen atoms in total. The van der Waals surface area contributed by atoms with E-state index in [0.29, 0.717) is 6.04 Å². The summed E-state index contributed by atoms with van der Waals surface area (Å²) < 4.78 is 0. The molecule has 0 spiro atoms. The summed E-state index contributed by atoms with van der Waals surface area (Å²) in [4.78, 5) is 13.7. The lowest BCUT2D eigenvalue weighted by molar-refractivity contribution is -0.116. The molecule has 1 aromatic carbocycles. The number of hydrogen-bond donors (Lipinski definition) is 2. The van der Waals surface area contributed by atoms with Crippen LogP contribution in [0.5, 0.6) is 0 Å². The highest BCUT2D eigenvalue weighted by molar-refractivity contribution is 6.02. The Bertz CT molecular complexity index is 482. The van der Waals surface area contributed by atoms with Gasteiger partial charge in [-0.05, 0) is 26.0 Å². The van der Waals surface area contributed by atoms with Crippen LogP contribution in [-0.2, 0) is 4.79 Å². The summed E-state index contributed by atoms with van der Waals surface area (Å²) in [7, 11) is 0. The van der Waals surface area contributed by atoms with Crippen molar-refractivity contribution in [3.8, 4) is 0 Å². The average Bonchev–Trinajstić information content (AvgIpc) is 2.61. The van der Waals surface area contributed by atoms with Crippen molar-refractivity contribution in [3.05, 3.63) is 36.4 Å². The first-order valence-electron chi connectivity index (χ1n) is 6.12. The first-order valence-corrected chi connectivity index (χ1v) is 6.12. The van der Waals surface area contributed by atoms with Gasteiger partial charge in [-0.25, -0.2) is 0 Å². The van der Waals surface area contributed by atoms with Crippen molar-refractivity contribution in [3.63, 3.8) is 0 Å². The van der Waals surface area contributed by atoms with E-state index in [1.54, 1.807) is 0 Å². The molecule has 96 valence electrons. The first kappa shape index (κ1) is 12.6. The van der Waals surface area contributed by atoms with Crippen molar-refractivity contribution in [2.75, 3.05) is 16.8 Å². The largest absolute Gasteiger partial charge is 0.365 e.